The zero-order valence-electron chi connectivity index (χ0n) is 10.1. The van der Waals surface area contributed by atoms with Gasteiger partial charge >= 0.3 is 0 Å². The van der Waals surface area contributed by atoms with Crippen LogP contribution in [0, 0.1) is 5.92 Å². The lowest BCUT2D eigenvalue weighted by atomic mass is 10.1. The number of halogens is 1. The van der Waals surface area contributed by atoms with Gasteiger partial charge in [0.2, 0.25) is 0 Å². The van der Waals surface area contributed by atoms with Crippen LogP contribution in [-0.4, -0.2) is 6.54 Å². The third kappa shape index (κ3) is 3.15. The molecule has 96 valence electrons. The molecule has 1 unspecified atom stereocenters. The van der Waals surface area contributed by atoms with Crippen molar-refractivity contribution < 1.29 is 0 Å². The van der Waals surface area contributed by atoms with Crippen molar-refractivity contribution in [3.8, 4) is 0 Å². The summed E-state index contributed by atoms with van der Waals surface area (Å²) in [6, 6.07) is 9.09. The molecule has 1 fully saturated rings. The summed E-state index contributed by atoms with van der Waals surface area (Å²) in [7, 11) is 0. The highest BCUT2D eigenvalue weighted by Crippen LogP contribution is 2.42. The monoisotopic (exact) mass is 297 g/mol. The van der Waals surface area contributed by atoms with E-state index < -0.39 is 0 Å². The molecule has 1 saturated carbocycles. The fourth-order valence-electron chi connectivity index (χ4n) is 2.23. The maximum Gasteiger partial charge on any atom is 0.0931 e. The van der Waals surface area contributed by atoms with Crippen LogP contribution in [0.25, 0.3) is 0 Å². The fourth-order valence-corrected chi connectivity index (χ4v) is 4.22. The molecule has 0 spiro atoms. The van der Waals surface area contributed by atoms with Gasteiger partial charge in [-0.3, -0.25) is 0 Å². The number of hydrogen-bond donors (Lipinski definition) is 1. The summed E-state index contributed by atoms with van der Waals surface area (Å²) in [4.78, 5) is 2.86. The quantitative estimate of drug-likeness (QED) is 0.811. The van der Waals surface area contributed by atoms with Gasteiger partial charge in [0.1, 0.15) is 0 Å². The van der Waals surface area contributed by atoms with Crippen molar-refractivity contribution in [1.82, 2.24) is 5.32 Å². The van der Waals surface area contributed by atoms with Crippen molar-refractivity contribution in [2.24, 2.45) is 5.92 Å². The molecular weight excluding hydrogens is 282 g/mol. The molecule has 0 aliphatic heterocycles. The summed E-state index contributed by atoms with van der Waals surface area (Å²) in [5, 5.41) is 5.89. The minimum absolute atomic E-state index is 0.570. The van der Waals surface area contributed by atoms with Crippen molar-refractivity contribution in [3.05, 3.63) is 43.7 Å². The van der Waals surface area contributed by atoms with Crippen LogP contribution < -0.4 is 5.32 Å². The van der Waals surface area contributed by atoms with E-state index in [1.165, 1.54) is 22.6 Å². The molecular formula is C14H16ClNS2. The molecule has 0 amide bonds. The molecule has 2 heterocycles. The van der Waals surface area contributed by atoms with Gasteiger partial charge in [0.15, 0.2) is 0 Å². The lowest BCUT2D eigenvalue weighted by Gasteiger charge is -2.16. The maximum absolute atomic E-state index is 5.94. The summed E-state index contributed by atoms with van der Waals surface area (Å²) >= 11 is 9.50. The smallest absolute Gasteiger partial charge is 0.0931 e. The van der Waals surface area contributed by atoms with E-state index in [1.807, 2.05) is 17.4 Å². The highest BCUT2D eigenvalue weighted by molar-refractivity contribution is 7.16. The van der Waals surface area contributed by atoms with E-state index in [1.54, 1.807) is 11.3 Å². The zero-order valence-corrected chi connectivity index (χ0v) is 12.5. The van der Waals surface area contributed by atoms with Gasteiger partial charge in [0.05, 0.1) is 4.34 Å². The van der Waals surface area contributed by atoms with Gasteiger partial charge in [0, 0.05) is 22.3 Å². The first-order chi connectivity index (χ1) is 8.83. The largest absolute Gasteiger partial charge is 0.309 e. The molecule has 0 bridgehead atoms. The lowest BCUT2D eigenvalue weighted by Crippen LogP contribution is -2.24. The summed E-state index contributed by atoms with van der Waals surface area (Å²) in [5.41, 5.74) is 0. The van der Waals surface area contributed by atoms with E-state index in [-0.39, 0.29) is 0 Å². The Balaban J connectivity index is 1.54. The Labute approximate surface area is 121 Å². The topological polar surface area (TPSA) is 12.0 Å². The van der Waals surface area contributed by atoms with Gasteiger partial charge in [0.25, 0.3) is 0 Å². The van der Waals surface area contributed by atoms with Crippen LogP contribution >= 0.6 is 34.3 Å². The number of hydrogen-bond acceptors (Lipinski definition) is 3. The third-order valence-corrected chi connectivity index (χ3v) is 5.55. The molecule has 0 radical (unpaired) electrons. The molecule has 2 aromatic heterocycles. The lowest BCUT2D eigenvalue weighted by molar-refractivity contribution is 0.492. The van der Waals surface area contributed by atoms with Crippen LogP contribution in [-0.2, 0) is 6.42 Å². The highest BCUT2D eigenvalue weighted by atomic mass is 35.5. The van der Waals surface area contributed by atoms with Crippen molar-refractivity contribution in [2.45, 2.75) is 25.3 Å². The van der Waals surface area contributed by atoms with Crippen LogP contribution in [0.4, 0.5) is 0 Å². The first-order valence-electron chi connectivity index (χ1n) is 6.34. The Hall–Kier alpha value is -0.350. The SMILES string of the molecule is Clc1ccc(CCNC(c2cccs2)C2CC2)s1. The predicted octanol–water partition coefficient (Wildman–Crippen LogP) is 4.75. The maximum atomic E-state index is 5.94. The predicted molar refractivity (Wildman–Crippen MR) is 80.8 cm³/mol. The van der Waals surface area contributed by atoms with Gasteiger partial charge < -0.3 is 5.32 Å². The van der Waals surface area contributed by atoms with Gasteiger partial charge in [-0.2, -0.15) is 0 Å². The zero-order chi connectivity index (χ0) is 12.4. The minimum Gasteiger partial charge on any atom is -0.309 e. The summed E-state index contributed by atoms with van der Waals surface area (Å²) in [6.07, 6.45) is 3.83. The van der Waals surface area contributed by atoms with E-state index in [9.17, 15) is 0 Å². The van der Waals surface area contributed by atoms with Crippen molar-refractivity contribution in [2.75, 3.05) is 6.54 Å². The molecule has 1 nitrogen and oxygen atoms in total. The Morgan fingerprint density at radius 1 is 1.33 bits per heavy atom. The summed E-state index contributed by atoms with van der Waals surface area (Å²) < 4.78 is 0.891. The van der Waals surface area contributed by atoms with Gasteiger partial charge in [-0.15, -0.1) is 22.7 Å². The third-order valence-electron chi connectivity index (χ3n) is 3.31. The number of nitrogens with one attached hydrogen (secondary N) is 1. The molecule has 0 aromatic carbocycles. The fraction of sp³-hybridized carbons (Fsp3) is 0.429. The average Bonchev–Trinajstić information content (AvgIpc) is 2.88. The molecule has 1 aliphatic carbocycles. The second kappa shape index (κ2) is 5.74. The second-order valence-corrected chi connectivity index (χ2v) is 7.52. The molecule has 2 aromatic rings. The van der Waals surface area contributed by atoms with Gasteiger partial charge in [-0.25, -0.2) is 0 Å². The molecule has 1 aliphatic rings. The summed E-state index contributed by atoms with van der Waals surface area (Å²) in [5.74, 6) is 0.857. The van der Waals surface area contributed by atoms with Crippen molar-refractivity contribution in [3.63, 3.8) is 0 Å². The van der Waals surface area contributed by atoms with Gasteiger partial charge in [-0.05, 0) is 48.8 Å². The molecule has 18 heavy (non-hydrogen) atoms. The van der Waals surface area contributed by atoms with Crippen molar-refractivity contribution in [1.29, 1.82) is 0 Å². The van der Waals surface area contributed by atoms with E-state index in [4.69, 9.17) is 11.6 Å². The Bertz CT molecular complexity index is 488. The molecule has 3 rings (SSSR count). The van der Waals surface area contributed by atoms with Crippen LogP contribution in [0.2, 0.25) is 4.34 Å². The van der Waals surface area contributed by atoms with Crippen LogP contribution in [0.5, 0.6) is 0 Å². The Morgan fingerprint density at radius 3 is 2.83 bits per heavy atom. The number of thiophene rings is 2. The van der Waals surface area contributed by atoms with E-state index in [0.717, 1.165) is 23.2 Å². The standard InChI is InChI=1S/C14H16ClNS2/c15-13-6-5-11(18-13)7-8-16-14(10-3-4-10)12-2-1-9-17-12/h1-2,5-6,9-10,14,16H,3-4,7-8H2. The molecule has 0 saturated heterocycles. The van der Waals surface area contributed by atoms with Crippen LogP contribution in [0.1, 0.15) is 28.6 Å². The van der Waals surface area contributed by atoms with E-state index in [2.05, 4.69) is 28.9 Å². The first-order valence-corrected chi connectivity index (χ1v) is 8.41. The van der Waals surface area contributed by atoms with E-state index in [0.29, 0.717) is 6.04 Å². The van der Waals surface area contributed by atoms with Gasteiger partial charge in [-0.1, -0.05) is 17.7 Å². The molecule has 4 heteroatoms. The second-order valence-electron chi connectivity index (χ2n) is 4.74. The first kappa shape index (κ1) is 12.7. The molecule has 1 atom stereocenters. The van der Waals surface area contributed by atoms with Crippen molar-refractivity contribution >= 4 is 34.3 Å². The van der Waals surface area contributed by atoms with Crippen LogP contribution in [0.3, 0.4) is 0 Å². The normalized spacial score (nSPS) is 16.9. The Kier molecular flexibility index (Phi) is 4.04. The molecule has 1 N–H and O–H groups in total. The average molecular weight is 298 g/mol. The van der Waals surface area contributed by atoms with Crippen LogP contribution in [0.15, 0.2) is 29.6 Å². The van der Waals surface area contributed by atoms with E-state index >= 15 is 0 Å². The minimum atomic E-state index is 0.570. The summed E-state index contributed by atoms with van der Waals surface area (Å²) in [6.45, 7) is 1.04. The number of rotatable bonds is 6. The Morgan fingerprint density at radius 2 is 2.22 bits per heavy atom. The highest BCUT2D eigenvalue weighted by Gasteiger charge is 2.32.